The number of amides is 1. The number of carbonyl (C=O) groups excluding carboxylic acids is 1. The molecule has 0 radical (unpaired) electrons. The van der Waals surface area contributed by atoms with E-state index in [2.05, 4.69) is 5.32 Å². The van der Waals surface area contributed by atoms with Crippen LogP contribution < -0.4 is 5.32 Å². The van der Waals surface area contributed by atoms with Crippen molar-refractivity contribution in [3.05, 3.63) is 11.8 Å². The minimum absolute atomic E-state index is 0.164. The Morgan fingerprint density at radius 3 is 2.83 bits per heavy atom. The van der Waals surface area contributed by atoms with Gasteiger partial charge in [-0.2, -0.15) is 0 Å². The summed E-state index contributed by atoms with van der Waals surface area (Å²) in [6.07, 6.45) is 1.64. The zero-order valence-corrected chi connectivity index (χ0v) is 7.37. The van der Waals surface area contributed by atoms with Crippen molar-refractivity contribution in [3.8, 4) is 0 Å². The van der Waals surface area contributed by atoms with Crippen LogP contribution in [0.3, 0.4) is 0 Å². The summed E-state index contributed by atoms with van der Waals surface area (Å²) in [6.45, 7) is 0.560. The summed E-state index contributed by atoms with van der Waals surface area (Å²) in [7, 11) is 3.64. The first kappa shape index (κ1) is 9.06. The zero-order chi connectivity index (χ0) is 9.14. The third-order valence-electron chi connectivity index (χ3n) is 1.72. The van der Waals surface area contributed by atoms with E-state index < -0.39 is 6.10 Å². The number of rotatable bonds is 1. The number of aliphatic hydroxyl groups excluding tert-OH is 1. The highest BCUT2D eigenvalue weighted by molar-refractivity contribution is 5.95. The number of hydrogen-bond acceptors (Lipinski definition) is 3. The second-order valence-corrected chi connectivity index (χ2v) is 3.11. The Hall–Kier alpha value is -1.03. The Bertz CT molecular complexity index is 211. The van der Waals surface area contributed by atoms with Crippen LogP contribution in [0.15, 0.2) is 11.8 Å². The van der Waals surface area contributed by atoms with Gasteiger partial charge < -0.3 is 15.3 Å². The molecule has 68 valence electrons. The van der Waals surface area contributed by atoms with Gasteiger partial charge in [0.1, 0.15) is 0 Å². The van der Waals surface area contributed by atoms with Gasteiger partial charge in [-0.3, -0.25) is 4.79 Å². The molecule has 0 spiro atoms. The van der Waals surface area contributed by atoms with Crippen molar-refractivity contribution in [2.75, 3.05) is 20.6 Å². The van der Waals surface area contributed by atoms with Crippen molar-refractivity contribution in [2.45, 2.75) is 12.5 Å². The van der Waals surface area contributed by atoms with E-state index >= 15 is 0 Å². The van der Waals surface area contributed by atoms with E-state index in [1.165, 1.54) is 0 Å². The molecule has 2 N–H and O–H groups in total. The number of aliphatic hydroxyl groups is 1. The predicted molar refractivity (Wildman–Crippen MR) is 45.4 cm³/mol. The van der Waals surface area contributed by atoms with Gasteiger partial charge in [-0.05, 0) is 6.42 Å². The molecule has 4 heteroatoms. The monoisotopic (exact) mass is 170 g/mol. The molecule has 4 nitrogen and oxygen atoms in total. The van der Waals surface area contributed by atoms with E-state index in [1.807, 2.05) is 14.1 Å². The topological polar surface area (TPSA) is 52.6 Å². The molecule has 1 saturated heterocycles. The number of nitrogens with zero attached hydrogens (tertiary/aromatic N) is 1. The summed E-state index contributed by atoms with van der Waals surface area (Å²) in [5.74, 6) is -0.164. The SMILES string of the molecule is CN(C)/C=C1/C(=O)NCCC1O. The van der Waals surface area contributed by atoms with E-state index in [-0.39, 0.29) is 5.91 Å². The van der Waals surface area contributed by atoms with Crippen LogP contribution in [0.25, 0.3) is 0 Å². The fourth-order valence-corrected chi connectivity index (χ4v) is 1.15. The molecule has 1 heterocycles. The van der Waals surface area contributed by atoms with Crippen LogP contribution in [0.5, 0.6) is 0 Å². The smallest absolute Gasteiger partial charge is 0.251 e. The molecule has 0 saturated carbocycles. The van der Waals surface area contributed by atoms with Crippen LogP contribution in [0.2, 0.25) is 0 Å². The highest BCUT2D eigenvalue weighted by Crippen LogP contribution is 2.11. The van der Waals surface area contributed by atoms with E-state index in [0.29, 0.717) is 18.5 Å². The molecule has 0 aromatic carbocycles. The van der Waals surface area contributed by atoms with Crippen LogP contribution in [0.4, 0.5) is 0 Å². The van der Waals surface area contributed by atoms with Gasteiger partial charge in [0, 0.05) is 26.8 Å². The van der Waals surface area contributed by atoms with E-state index in [1.54, 1.807) is 11.1 Å². The van der Waals surface area contributed by atoms with Gasteiger partial charge in [0.25, 0.3) is 5.91 Å². The number of nitrogens with one attached hydrogen (secondary N) is 1. The molecule has 1 rings (SSSR count). The van der Waals surface area contributed by atoms with Gasteiger partial charge >= 0.3 is 0 Å². The number of carbonyl (C=O) groups is 1. The number of piperidine rings is 1. The maximum atomic E-state index is 11.2. The lowest BCUT2D eigenvalue weighted by atomic mass is 10.0. The third kappa shape index (κ3) is 1.98. The summed E-state index contributed by atoms with van der Waals surface area (Å²) in [4.78, 5) is 12.9. The average molecular weight is 170 g/mol. The van der Waals surface area contributed by atoms with Crippen molar-refractivity contribution >= 4 is 5.91 Å². The van der Waals surface area contributed by atoms with Crippen LogP contribution in [-0.4, -0.2) is 42.7 Å². The normalized spacial score (nSPS) is 27.1. The van der Waals surface area contributed by atoms with Crippen molar-refractivity contribution in [2.24, 2.45) is 0 Å². The molecule has 1 amide bonds. The van der Waals surface area contributed by atoms with Crippen molar-refractivity contribution in [3.63, 3.8) is 0 Å². The van der Waals surface area contributed by atoms with Gasteiger partial charge in [0.15, 0.2) is 0 Å². The van der Waals surface area contributed by atoms with E-state index in [4.69, 9.17) is 0 Å². The first-order valence-electron chi connectivity index (χ1n) is 3.95. The zero-order valence-electron chi connectivity index (χ0n) is 7.37. The fourth-order valence-electron chi connectivity index (χ4n) is 1.15. The van der Waals surface area contributed by atoms with Crippen LogP contribution in [-0.2, 0) is 4.79 Å². The van der Waals surface area contributed by atoms with Gasteiger partial charge in [-0.25, -0.2) is 0 Å². The predicted octanol–water partition coefficient (Wildman–Crippen LogP) is -0.687. The molecule has 0 aliphatic carbocycles. The Kier molecular flexibility index (Phi) is 2.70. The second kappa shape index (κ2) is 3.58. The molecule has 1 unspecified atom stereocenters. The van der Waals surface area contributed by atoms with Crippen LogP contribution in [0.1, 0.15) is 6.42 Å². The summed E-state index contributed by atoms with van der Waals surface area (Å²) in [5, 5.41) is 12.1. The van der Waals surface area contributed by atoms with Gasteiger partial charge in [-0.1, -0.05) is 0 Å². The molecular weight excluding hydrogens is 156 g/mol. The molecule has 0 aromatic heterocycles. The standard InChI is InChI=1S/C8H14N2O2/c1-10(2)5-6-7(11)3-4-9-8(6)12/h5,7,11H,3-4H2,1-2H3,(H,9,12)/b6-5+. The Morgan fingerprint density at radius 2 is 2.33 bits per heavy atom. The van der Waals surface area contributed by atoms with E-state index in [0.717, 1.165) is 0 Å². The largest absolute Gasteiger partial charge is 0.388 e. The molecule has 1 aliphatic rings. The van der Waals surface area contributed by atoms with Crippen molar-refractivity contribution in [1.82, 2.24) is 10.2 Å². The quantitative estimate of drug-likeness (QED) is 0.512. The highest BCUT2D eigenvalue weighted by atomic mass is 16.3. The van der Waals surface area contributed by atoms with Crippen LogP contribution in [0, 0.1) is 0 Å². The third-order valence-corrected chi connectivity index (χ3v) is 1.72. The summed E-state index contributed by atoms with van der Waals surface area (Å²) in [5.41, 5.74) is 0.450. The van der Waals surface area contributed by atoms with Crippen molar-refractivity contribution < 1.29 is 9.90 Å². The Morgan fingerprint density at radius 1 is 1.67 bits per heavy atom. The van der Waals surface area contributed by atoms with Crippen LogP contribution >= 0.6 is 0 Å². The maximum absolute atomic E-state index is 11.2. The van der Waals surface area contributed by atoms with E-state index in [9.17, 15) is 9.90 Å². The average Bonchev–Trinajstić information content (AvgIpc) is 1.97. The van der Waals surface area contributed by atoms with Gasteiger partial charge in [-0.15, -0.1) is 0 Å². The summed E-state index contributed by atoms with van der Waals surface area (Å²) < 4.78 is 0. The molecule has 12 heavy (non-hydrogen) atoms. The van der Waals surface area contributed by atoms with Gasteiger partial charge in [0.05, 0.1) is 11.7 Å². The molecule has 0 bridgehead atoms. The molecule has 1 aliphatic heterocycles. The van der Waals surface area contributed by atoms with Crippen molar-refractivity contribution in [1.29, 1.82) is 0 Å². The lowest BCUT2D eigenvalue weighted by molar-refractivity contribution is -0.119. The molecular formula is C8H14N2O2. The molecule has 1 fully saturated rings. The lowest BCUT2D eigenvalue weighted by Crippen LogP contribution is -2.39. The maximum Gasteiger partial charge on any atom is 0.251 e. The molecule has 1 atom stereocenters. The van der Waals surface area contributed by atoms with Gasteiger partial charge in [0.2, 0.25) is 0 Å². The molecule has 0 aromatic rings. The Balaban J connectivity index is 2.76. The first-order valence-corrected chi connectivity index (χ1v) is 3.95. The fraction of sp³-hybridized carbons (Fsp3) is 0.625. The highest BCUT2D eigenvalue weighted by Gasteiger charge is 2.23. The second-order valence-electron chi connectivity index (χ2n) is 3.11. The minimum atomic E-state index is -0.610. The first-order chi connectivity index (χ1) is 5.61. The number of hydrogen-bond donors (Lipinski definition) is 2. The summed E-state index contributed by atoms with van der Waals surface area (Å²) in [6, 6.07) is 0. The minimum Gasteiger partial charge on any atom is -0.388 e. The summed E-state index contributed by atoms with van der Waals surface area (Å²) >= 11 is 0. The Labute approximate surface area is 71.9 Å². The lowest BCUT2D eigenvalue weighted by Gasteiger charge is -2.22.